The van der Waals surface area contributed by atoms with Crippen LogP contribution in [-0.2, 0) is 22.3 Å². The summed E-state index contributed by atoms with van der Waals surface area (Å²) in [6, 6.07) is 13.9. The van der Waals surface area contributed by atoms with Crippen LogP contribution in [0.3, 0.4) is 0 Å². The average Bonchev–Trinajstić information content (AvgIpc) is 2.70. The van der Waals surface area contributed by atoms with Crippen LogP contribution in [0.15, 0.2) is 65.8 Å². The second-order valence-corrected chi connectivity index (χ2v) is 8.29. The van der Waals surface area contributed by atoms with Crippen LogP contribution in [-0.4, -0.2) is 29.5 Å². The molecule has 2 N–H and O–H groups in total. The van der Waals surface area contributed by atoms with E-state index >= 15 is 0 Å². The molecule has 0 aliphatic heterocycles. The fraction of sp³-hybridized carbons (Fsp3) is 0.250. The summed E-state index contributed by atoms with van der Waals surface area (Å²) in [5.41, 5.74) is 1.12. The molecule has 0 unspecified atom stereocenters. The van der Waals surface area contributed by atoms with Gasteiger partial charge in [-0.15, -0.1) is 0 Å². The Morgan fingerprint density at radius 1 is 1.07 bits per heavy atom. The van der Waals surface area contributed by atoms with Crippen LogP contribution in [0.1, 0.15) is 17.7 Å². The van der Waals surface area contributed by atoms with Gasteiger partial charge in [-0.1, -0.05) is 30.3 Å². The molecule has 1 aromatic carbocycles. The number of aromatic nitrogens is 3. The molecule has 0 saturated carbocycles. The number of nitrogens with one attached hydrogen (secondary N) is 2. The first kappa shape index (κ1) is 20.5. The van der Waals surface area contributed by atoms with Gasteiger partial charge in [0, 0.05) is 25.0 Å². The fourth-order valence-corrected chi connectivity index (χ4v) is 4.07. The Hall–Kier alpha value is -3.20. The highest BCUT2D eigenvalue weighted by Crippen LogP contribution is 2.11. The number of hydrogen-bond donors (Lipinski definition) is 2. The van der Waals surface area contributed by atoms with Crippen LogP contribution >= 0.6 is 0 Å². The van der Waals surface area contributed by atoms with E-state index in [0.717, 1.165) is 5.69 Å². The average molecular weight is 414 g/mol. The molecule has 29 heavy (non-hydrogen) atoms. The minimum Gasteiger partial charge on any atom is -0.370 e. The molecule has 3 aromatic rings. The Labute approximate surface area is 169 Å². The highest BCUT2D eigenvalue weighted by molar-refractivity contribution is 7.91. The predicted molar refractivity (Wildman–Crippen MR) is 113 cm³/mol. The summed E-state index contributed by atoms with van der Waals surface area (Å²) in [7, 11) is -3.69. The standard InChI is InChI=1S/C20H23N5O3S/c1-16-8-9-18(24-29(27,28)14-17-6-3-2-4-7-17)20(26)25(16)13-5-11-22-19-10-12-21-15-23-19/h2-4,6-10,12,15,24H,5,11,13-14H2,1H3,(H,21,22,23). The quantitative estimate of drug-likeness (QED) is 0.522. The summed E-state index contributed by atoms with van der Waals surface area (Å²) in [5.74, 6) is 0.524. The molecule has 0 aliphatic rings. The van der Waals surface area contributed by atoms with E-state index in [9.17, 15) is 13.2 Å². The topological polar surface area (TPSA) is 106 Å². The number of aryl methyl sites for hydroxylation is 1. The van der Waals surface area contributed by atoms with Crippen molar-refractivity contribution in [1.82, 2.24) is 14.5 Å². The summed E-state index contributed by atoms with van der Waals surface area (Å²) in [4.78, 5) is 20.7. The van der Waals surface area contributed by atoms with Crippen molar-refractivity contribution in [3.05, 3.63) is 82.7 Å². The second-order valence-electron chi connectivity index (χ2n) is 6.57. The van der Waals surface area contributed by atoms with Crippen LogP contribution in [0.5, 0.6) is 0 Å². The van der Waals surface area contributed by atoms with Gasteiger partial charge in [0.1, 0.15) is 17.8 Å². The van der Waals surface area contributed by atoms with Crippen LogP contribution in [0, 0.1) is 6.92 Å². The lowest BCUT2D eigenvalue weighted by Crippen LogP contribution is -2.28. The zero-order valence-corrected chi connectivity index (χ0v) is 16.9. The van der Waals surface area contributed by atoms with Gasteiger partial charge in [-0.2, -0.15) is 0 Å². The number of hydrogen-bond acceptors (Lipinski definition) is 6. The molecule has 8 nitrogen and oxygen atoms in total. The van der Waals surface area contributed by atoms with Crippen LogP contribution in [0.2, 0.25) is 0 Å². The van der Waals surface area contributed by atoms with Crippen LogP contribution < -0.4 is 15.6 Å². The Kier molecular flexibility index (Phi) is 6.61. The lowest BCUT2D eigenvalue weighted by Gasteiger charge is -2.14. The van der Waals surface area contributed by atoms with Crippen molar-refractivity contribution < 1.29 is 8.42 Å². The van der Waals surface area contributed by atoms with E-state index in [1.807, 2.05) is 13.0 Å². The van der Waals surface area contributed by atoms with Gasteiger partial charge >= 0.3 is 0 Å². The predicted octanol–water partition coefficient (Wildman–Crippen LogP) is 2.39. The molecule has 0 radical (unpaired) electrons. The van der Waals surface area contributed by atoms with Gasteiger partial charge in [0.2, 0.25) is 10.0 Å². The second kappa shape index (κ2) is 9.33. The summed E-state index contributed by atoms with van der Waals surface area (Å²) >= 11 is 0. The van der Waals surface area contributed by atoms with Crippen molar-refractivity contribution >= 4 is 21.5 Å². The van der Waals surface area contributed by atoms with E-state index in [1.54, 1.807) is 47.2 Å². The van der Waals surface area contributed by atoms with E-state index < -0.39 is 10.0 Å². The number of rotatable bonds is 9. The van der Waals surface area contributed by atoms with Gasteiger partial charge < -0.3 is 9.88 Å². The molecular weight excluding hydrogens is 390 g/mol. The minimum absolute atomic E-state index is 0.0512. The Bertz CT molecular complexity index is 1100. The lowest BCUT2D eigenvalue weighted by atomic mass is 10.2. The first-order valence-electron chi connectivity index (χ1n) is 9.19. The molecule has 0 bridgehead atoms. The van der Waals surface area contributed by atoms with Gasteiger partial charge in [0.15, 0.2) is 0 Å². The van der Waals surface area contributed by atoms with E-state index in [4.69, 9.17) is 0 Å². The molecule has 0 spiro atoms. The van der Waals surface area contributed by atoms with E-state index in [0.29, 0.717) is 30.9 Å². The molecule has 3 rings (SSSR count). The lowest BCUT2D eigenvalue weighted by molar-refractivity contribution is 0.599. The number of nitrogens with zero attached hydrogens (tertiary/aromatic N) is 3. The van der Waals surface area contributed by atoms with Gasteiger partial charge in [-0.05, 0) is 37.1 Å². The molecule has 2 aromatic heterocycles. The van der Waals surface area contributed by atoms with Crippen molar-refractivity contribution in [3.8, 4) is 0 Å². The number of pyridine rings is 1. The molecule has 0 fully saturated rings. The highest BCUT2D eigenvalue weighted by atomic mass is 32.2. The summed E-state index contributed by atoms with van der Waals surface area (Å²) < 4.78 is 28.9. The molecule has 0 saturated heterocycles. The smallest absolute Gasteiger partial charge is 0.275 e. The largest absolute Gasteiger partial charge is 0.370 e. The summed E-state index contributed by atoms with van der Waals surface area (Å²) in [6.45, 7) is 2.89. The Balaban J connectivity index is 1.65. The third-order valence-corrected chi connectivity index (χ3v) is 5.55. The first-order chi connectivity index (χ1) is 13.9. The monoisotopic (exact) mass is 413 g/mol. The third kappa shape index (κ3) is 5.89. The van der Waals surface area contributed by atoms with Crippen molar-refractivity contribution in [2.24, 2.45) is 0 Å². The van der Waals surface area contributed by atoms with E-state index in [-0.39, 0.29) is 17.0 Å². The van der Waals surface area contributed by atoms with Crippen LogP contribution in [0.4, 0.5) is 11.5 Å². The molecule has 0 aliphatic carbocycles. The Morgan fingerprint density at radius 2 is 1.86 bits per heavy atom. The molecule has 152 valence electrons. The van der Waals surface area contributed by atoms with Gasteiger partial charge in [-0.25, -0.2) is 18.4 Å². The number of anilines is 2. The van der Waals surface area contributed by atoms with Crippen LogP contribution in [0.25, 0.3) is 0 Å². The molecular formula is C20H23N5O3S. The Morgan fingerprint density at radius 3 is 2.59 bits per heavy atom. The SMILES string of the molecule is Cc1ccc(NS(=O)(=O)Cc2ccccc2)c(=O)n1CCCNc1ccncn1. The van der Waals surface area contributed by atoms with Gasteiger partial charge in [0.25, 0.3) is 5.56 Å². The van der Waals surface area contributed by atoms with Gasteiger partial charge in [0.05, 0.1) is 5.75 Å². The highest BCUT2D eigenvalue weighted by Gasteiger charge is 2.15. The van der Waals surface area contributed by atoms with E-state index in [2.05, 4.69) is 20.0 Å². The van der Waals surface area contributed by atoms with Crippen molar-refractivity contribution in [1.29, 1.82) is 0 Å². The number of sulfonamides is 1. The summed E-state index contributed by atoms with van der Waals surface area (Å²) in [6.07, 6.45) is 3.78. The van der Waals surface area contributed by atoms with Crippen molar-refractivity contribution in [2.75, 3.05) is 16.6 Å². The molecule has 2 heterocycles. The normalized spacial score (nSPS) is 11.2. The molecule has 0 amide bonds. The zero-order chi connectivity index (χ0) is 20.7. The molecule has 0 atom stereocenters. The third-order valence-electron chi connectivity index (χ3n) is 4.30. The van der Waals surface area contributed by atoms with E-state index in [1.165, 1.54) is 12.4 Å². The maximum Gasteiger partial charge on any atom is 0.275 e. The first-order valence-corrected chi connectivity index (χ1v) is 10.8. The molecule has 9 heteroatoms. The van der Waals surface area contributed by atoms with Crippen molar-refractivity contribution in [3.63, 3.8) is 0 Å². The zero-order valence-electron chi connectivity index (χ0n) is 16.1. The van der Waals surface area contributed by atoms with Gasteiger partial charge in [-0.3, -0.25) is 9.52 Å². The van der Waals surface area contributed by atoms with Crippen molar-refractivity contribution in [2.45, 2.75) is 25.6 Å². The number of benzene rings is 1. The minimum atomic E-state index is -3.69. The maximum atomic E-state index is 12.8. The fourth-order valence-electron chi connectivity index (χ4n) is 2.87. The summed E-state index contributed by atoms with van der Waals surface area (Å²) in [5, 5.41) is 3.16. The maximum absolute atomic E-state index is 12.8.